The number of rotatable bonds is 7. The lowest BCUT2D eigenvalue weighted by Gasteiger charge is -2.18. The maximum atomic E-state index is 14.1. The maximum absolute atomic E-state index is 14.1. The molecule has 1 N–H and O–H groups in total. The molecule has 0 aliphatic rings. The second-order valence-electron chi connectivity index (χ2n) is 5.28. The molecule has 3 nitrogen and oxygen atoms in total. The predicted molar refractivity (Wildman–Crippen MR) is 84.1 cm³/mol. The van der Waals surface area contributed by atoms with E-state index in [9.17, 15) is 4.39 Å². The number of benzene rings is 1. The van der Waals surface area contributed by atoms with E-state index in [1.165, 1.54) is 11.8 Å². The molecule has 1 heterocycles. The number of aryl methyl sites for hydroxylation is 2. The zero-order valence-electron chi connectivity index (χ0n) is 13.1. The van der Waals surface area contributed by atoms with Gasteiger partial charge >= 0.3 is 0 Å². The van der Waals surface area contributed by atoms with Crippen molar-refractivity contribution in [2.45, 2.75) is 39.2 Å². The third-order valence-electron chi connectivity index (χ3n) is 3.83. The highest BCUT2D eigenvalue weighted by molar-refractivity contribution is 5.25. The molecule has 21 heavy (non-hydrogen) atoms. The second-order valence-corrected chi connectivity index (χ2v) is 5.28. The van der Waals surface area contributed by atoms with E-state index in [1.54, 1.807) is 6.07 Å². The molecular formula is C17H24FN3. The van der Waals surface area contributed by atoms with Crippen LogP contribution in [0, 0.1) is 5.82 Å². The molecule has 0 fully saturated rings. The highest BCUT2D eigenvalue weighted by Crippen LogP contribution is 2.23. The standard InChI is InChI=1S/C17H24FN3/c1-4-14-11-15(21(5-2)20-14)10-13(12-19-3)16-8-6-7-9-17(16)18/h6-9,11,13,19H,4-5,10,12H2,1-3H3. The Hall–Kier alpha value is -1.68. The molecule has 0 saturated heterocycles. The van der Waals surface area contributed by atoms with Gasteiger partial charge in [0.1, 0.15) is 5.82 Å². The largest absolute Gasteiger partial charge is 0.319 e. The van der Waals surface area contributed by atoms with Gasteiger partial charge in [-0.3, -0.25) is 4.68 Å². The Morgan fingerprint density at radius 1 is 1.29 bits per heavy atom. The second kappa shape index (κ2) is 7.36. The Morgan fingerprint density at radius 3 is 2.67 bits per heavy atom. The summed E-state index contributed by atoms with van der Waals surface area (Å²) in [7, 11) is 1.91. The molecule has 4 heteroatoms. The van der Waals surface area contributed by atoms with Crippen LogP contribution in [0.3, 0.4) is 0 Å². The van der Waals surface area contributed by atoms with E-state index in [0.717, 1.165) is 37.2 Å². The topological polar surface area (TPSA) is 29.9 Å². The fourth-order valence-corrected chi connectivity index (χ4v) is 2.72. The van der Waals surface area contributed by atoms with Crippen LogP contribution >= 0.6 is 0 Å². The third kappa shape index (κ3) is 3.70. The van der Waals surface area contributed by atoms with Gasteiger partial charge in [0.2, 0.25) is 0 Å². The Kier molecular flexibility index (Phi) is 5.51. The number of nitrogens with zero attached hydrogens (tertiary/aromatic N) is 2. The first-order valence-electron chi connectivity index (χ1n) is 7.64. The minimum atomic E-state index is -0.129. The zero-order chi connectivity index (χ0) is 15.2. The SMILES string of the molecule is CCc1cc(CC(CNC)c2ccccc2F)n(CC)n1. The Labute approximate surface area is 126 Å². The Morgan fingerprint density at radius 2 is 2.05 bits per heavy atom. The van der Waals surface area contributed by atoms with Crippen LogP contribution in [0.2, 0.25) is 0 Å². The molecule has 1 aromatic carbocycles. The van der Waals surface area contributed by atoms with Gasteiger partial charge in [0, 0.05) is 24.7 Å². The third-order valence-corrected chi connectivity index (χ3v) is 3.83. The van der Waals surface area contributed by atoms with Gasteiger partial charge in [-0.1, -0.05) is 25.1 Å². The summed E-state index contributed by atoms with van der Waals surface area (Å²) in [6, 6.07) is 9.20. The number of nitrogens with one attached hydrogen (secondary N) is 1. The van der Waals surface area contributed by atoms with Crippen LogP contribution in [0.5, 0.6) is 0 Å². The summed E-state index contributed by atoms with van der Waals surface area (Å²) in [5.41, 5.74) is 3.05. The van der Waals surface area contributed by atoms with Crippen LogP contribution in [0.4, 0.5) is 4.39 Å². The number of halogens is 1. The fraction of sp³-hybridized carbons (Fsp3) is 0.471. The molecule has 0 aliphatic heterocycles. The quantitative estimate of drug-likeness (QED) is 0.848. The lowest BCUT2D eigenvalue weighted by molar-refractivity contribution is 0.532. The molecule has 0 aliphatic carbocycles. The first-order valence-corrected chi connectivity index (χ1v) is 7.64. The van der Waals surface area contributed by atoms with Gasteiger partial charge < -0.3 is 5.32 Å². The molecule has 0 radical (unpaired) electrons. The number of hydrogen-bond acceptors (Lipinski definition) is 2. The molecule has 114 valence electrons. The van der Waals surface area contributed by atoms with Gasteiger partial charge in [0.25, 0.3) is 0 Å². The van der Waals surface area contributed by atoms with Crippen molar-refractivity contribution < 1.29 is 4.39 Å². The van der Waals surface area contributed by atoms with Crippen LogP contribution < -0.4 is 5.32 Å². The highest BCUT2D eigenvalue weighted by Gasteiger charge is 2.18. The molecule has 0 spiro atoms. The van der Waals surface area contributed by atoms with Crippen LogP contribution in [0.1, 0.15) is 36.7 Å². The molecule has 0 amide bonds. The molecule has 2 rings (SSSR count). The average molecular weight is 289 g/mol. The zero-order valence-corrected chi connectivity index (χ0v) is 13.1. The van der Waals surface area contributed by atoms with Crippen molar-refractivity contribution in [2.24, 2.45) is 0 Å². The van der Waals surface area contributed by atoms with Crippen molar-refractivity contribution in [3.63, 3.8) is 0 Å². The fourth-order valence-electron chi connectivity index (χ4n) is 2.72. The van der Waals surface area contributed by atoms with Crippen LogP contribution in [-0.2, 0) is 19.4 Å². The van der Waals surface area contributed by atoms with Crippen molar-refractivity contribution >= 4 is 0 Å². The Balaban J connectivity index is 2.28. The van der Waals surface area contributed by atoms with Crippen LogP contribution in [0.25, 0.3) is 0 Å². The monoisotopic (exact) mass is 289 g/mol. The summed E-state index contributed by atoms with van der Waals surface area (Å²) >= 11 is 0. The predicted octanol–water partition coefficient (Wildman–Crippen LogP) is 3.15. The van der Waals surface area contributed by atoms with Crippen molar-refractivity contribution in [1.82, 2.24) is 15.1 Å². The summed E-state index contributed by atoms with van der Waals surface area (Å²) < 4.78 is 16.1. The molecule has 1 aromatic heterocycles. The summed E-state index contributed by atoms with van der Waals surface area (Å²) in [4.78, 5) is 0. The van der Waals surface area contributed by atoms with Gasteiger partial charge in [-0.2, -0.15) is 5.10 Å². The first kappa shape index (κ1) is 15.7. The molecule has 0 bridgehead atoms. The van der Waals surface area contributed by atoms with Gasteiger partial charge in [0.15, 0.2) is 0 Å². The summed E-state index contributed by atoms with van der Waals surface area (Å²) in [5.74, 6) is -0.0149. The number of likely N-dealkylation sites (N-methyl/N-ethyl adjacent to an activating group) is 1. The molecule has 1 unspecified atom stereocenters. The maximum Gasteiger partial charge on any atom is 0.126 e. The molecule has 1 atom stereocenters. The lowest BCUT2D eigenvalue weighted by atomic mass is 9.93. The summed E-state index contributed by atoms with van der Waals surface area (Å²) in [5, 5.41) is 7.75. The van der Waals surface area contributed by atoms with E-state index in [0.29, 0.717) is 0 Å². The smallest absolute Gasteiger partial charge is 0.126 e. The van der Waals surface area contributed by atoms with E-state index >= 15 is 0 Å². The Bertz CT molecular complexity index is 577. The average Bonchev–Trinajstić information content (AvgIpc) is 2.89. The van der Waals surface area contributed by atoms with Gasteiger partial charge in [0.05, 0.1) is 5.69 Å². The van der Waals surface area contributed by atoms with Crippen molar-refractivity contribution in [3.05, 3.63) is 53.1 Å². The number of hydrogen-bond donors (Lipinski definition) is 1. The van der Waals surface area contributed by atoms with Crippen LogP contribution in [-0.4, -0.2) is 23.4 Å². The van der Waals surface area contributed by atoms with E-state index < -0.39 is 0 Å². The summed E-state index contributed by atoms with van der Waals surface area (Å²) in [6.45, 7) is 5.79. The van der Waals surface area contributed by atoms with Gasteiger partial charge in [-0.25, -0.2) is 4.39 Å². The first-order chi connectivity index (χ1) is 10.2. The van der Waals surface area contributed by atoms with Crippen molar-refractivity contribution in [1.29, 1.82) is 0 Å². The van der Waals surface area contributed by atoms with Crippen molar-refractivity contribution in [2.75, 3.05) is 13.6 Å². The van der Waals surface area contributed by atoms with Gasteiger partial charge in [-0.05, 0) is 44.5 Å². The minimum Gasteiger partial charge on any atom is -0.319 e. The van der Waals surface area contributed by atoms with Crippen molar-refractivity contribution in [3.8, 4) is 0 Å². The normalized spacial score (nSPS) is 12.6. The minimum absolute atomic E-state index is 0.114. The van der Waals surface area contributed by atoms with E-state index in [1.807, 2.05) is 23.9 Å². The number of aromatic nitrogens is 2. The van der Waals surface area contributed by atoms with Gasteiger partial charge in [-0.15, -0.1) is 0 Å². The highest BCUT2D eigenvalue weighted by atomic mass is 19.1. The molecule has 2 aromatic rings. The molecule has 0 saturated carbocycles. The van der Waals surface area contributed by atoms with E-state index in [-0.39, 0.29) is 11.7 Å². The van der Waals surface area contributed by atoms with E-state index in [2.05, 4.69) is 30.3 Å². The van der Waals surface area contributed by atoms with E-state index in [4.69, 9.17) is 0 Å². The summed E-state index contributed by atoms with van der Waals surface area (Å²) in [6.07, 6.45) is 1.72. The van der Waals surface area contributed by atoms with Crippen LogP contribution in [0.15, 0.2) is 30.3 Å². The lowest BCUT2D eigenvalue weighted by Crippen LogP contribution is -2.21. The molecular weight excluding hydrogens is 265 g/mol.